The summed E-state index contributed by atoms with van der Waals surface area (Å²) in [5, 5.41) is 4.29. The molecule has 1 unspecified atom stereocenters. The third-order valence-corrected chi connectivity index (χ3v) is 3.39. The average molecular weight is 266 g/mol. The molecular formula is C14H20ClN3. The van der Waals surface area contributed by atoms with E-state index >= 15 is 0 Å². The Balaban J connectivity index is 2.03. The van der Waals surface area contributed by atoms with Gasteiger partial charge in [0.1, 0.15) is 5.65 Å². The first-order valence-electron chi connectivity index (χ1n) is 6.59. The average Bonchev–Trinajstić information content (AvgIpc) is 2.76. The minimum absolute atomic E-state index is 0.586. The van der Waals surface area contributed by atoms with Crippen molar-refractivity contribution < 1.29 is 0 Å². The molecule has 0 fully saturated rings. The van der Waals surface area contributed by atoms with Crippen molar-refractivity contribution in [1.29, 1.82) is 0 Å². The molecule has 0 saturated carbocycles. The summed E-state index contributed by atoms with van der Waals surface area (Å²) in [6.07, 6.45) is 7.51. The molecule has 2 heterocycles. The van der Waals surface area contributed by atoms with Crippen molar-refractivity contribution >= 4 is 17.2 Å². The molecule has 0 bridgehead atoms. The number of pyridine rings is 1. The molecule has 18 heavy (non-hydrogen) atoms. The zero-order valence-electron chi connectivity index (χ0n) is 11.0. The van der Waals surface area contributed by atoms with Gasteiger partial charge in [-0.2, -0.15) is 0 Å². The van der Waals surface area contributed by atoms with Crippen LogP contribution in [0.5, 0.6) is 0 Å². The number of imidazole rings is 1. The van der Waals surface area contributed by atoms with E-state index in [9.17, 15) is 0 Å². The zero-order chi connectivity index (χ0) is 13.0. The summed E-state index contributed by atoms with van der Waals surface area (Å²) in [5.41, 5.74) is 2.01. The molecule has 0 aliphatic carbocycles. The number of nitrogens with zero attached hydrogens (tertiary/aromatic N) is 2. The van der Waals surface area contributed by atoms with Crippen molar-refractivity contribution in [3.8, 4) is 0 Å². The van der Waals surface area contributed by atoms with Crippen molar-refractivity contribution in [3.05, 3.63) is 35.2 Å². The first kappa shape index (κ1) is 13.4. The maximum atomic E-state index is 5.95. The third-order valence-electron chi connectivity index (χ3n) is 3.17. The van der Waals surface area contributed by atoms with Crippen LogP contribution in [0.15, 0.2) is 24.5 Å². The van der Waals surface area contributed by atoms with Crippen LogP contribution in [0, 0.1) is 0 Å². The molecule has 3 nitrogen and oxygen atoms in total. The molecule has 2 aromatic rings. The van der Waals surface area contributed by atoms with E-state index in [1.807, 2.05) is 28.9 Å². The van der Waals surface area contributed by atoms with Gasteiger partial charge < -0.3 is 9.72 Å². The quantitative estimate of drug-likeness (QED) is 0.864. The fraction of sp³-hybridized carbons (Fsp3) is 0.500. The van der Waals surface area contributed by atoms with E-state index in [1.54, 1.807) is 0 Å². The summed E-state index contributed by atoms with van der Waals surface area (Å²) >= 11 is 5.95. The number of hydrogen-bond donors (Lipinski definition) is 1. The number of hydrogen-bond acceptors (Lipinski definition) is 2. The number of rotatable bonds is 6. The Labute approximate surface area is 113 Å². The fourth-order valence-electron chi connectivity index (χ4n) is 2.15. The molecule has 0 spiro atoms. The van der Waals surface area contributed by atoms with Crippen LogP contribution in [0.2, 0.25) is 5.02 Å². The lowest BCUT2D eigenvalue weighted by molar-refractivity contribution is 0.460. The van der Waals surface area contributed by atoms with Gasteiger partial charge in [-0.1, -0.05) is 31.9 Å². The van der Waals surface area contributed by atoms with Crippen LogP contribution in [-0.4, -0.2) is 15.4 Å². The molecule has 2 rings (SSSR count). The van der Waals surface area contributed by atoms with Gasteiger partial charge in [0.15, 0.2) is 0 Å². The van der Waals surface area contributed by atoms with Crippen molar-refractivity contribution in [3.63, 3.8) is 0 Å². The highest BCUT2D eigenvalue weighted by atomic mass is 35.5. The second-order valence-electron chi connectivity index (χ2n) is 4.62. The van der Waals surface area contributed by atoms with E-state index in [1.165, 1.54) is 12.8 Å². The van der Waals surface area contributed by atoms with E-state index in [-0.39, 0.29) is 0 Å². The van der Waals surface area contributed by atoms with Crippen LogP contribution in [0.3, 0.4) is 0 Å². The number of halogens is 1. The van der Waals surface area contributed by atoms with Gasteiger partial charge in [0, 0.05) is 25.0 Å². The van der Waals surface area contributed by atoms with Crippen LogP contribution in [-0.2, 0) is 6.54 Å². The number of aromatic nitrogens is 2. The maximum absolute atomic E-state index is 5.95. The van der Waals surface area contributed by atoms with E-state index in [2.05, 4.69) is 24.1 Å². The van der Waals surface area contributed by atoms with Gasteiger partial charge in [-0.05, 0) is 25.0 Å². The summed E-state index contributed by atoms with van der Waals surface area (Å²) in [6.45, 7) is 5.26. The van der Waals surface area contributed by atoms with Crippen LogP contribution < -0.4 is 5.32 Å². The van der Waals surface area contributed by atoms with E-state index in [4.69, 9.17) is 11.6 Å². The molecular weight excluding hydrogens is 246 g/mol. The van der Waals surface area contributed by atoms with Crippen molar-refractivity contribution in [2.75, 3.05) is 0 Å². The summed E-state index contributed by atoms with van der Waals surface area (Å²) in [6, 6.07) is 4.39. The smallest absolute Gasteiger partial charge is 0.137 e. The molecule has 0 aromatic carbocycles. The largest absolute Gasteiger partial charge is 0.308 e. The highest BCUT2D eigenvalue weighted by Crippen LogP contribution is 2.12. The number of nitrogens with one attached hydrogen (secondary N) is 1. The molecule has 2 aromatic heterocycles. The molecule has 4 heteroatoms. The van der Waals surface area contributed by atoms with Crippen LogP contribution in [0.25, 0.3) is 5.65 Å². The summed E-state index contributed by atoms with van der Waals surface area (Å²) in [4.78, 5) is 4.56. The van der Waals surface area contributed by atoms with E-state index in [0.717, 1.165) is 29.3 Å². The Morgan fingerprint density at radius 1 is 1.33 bits per heavy atom. The lowest BCUT2D eigenvalue weighted by atomic mass is 10.1. The van der Waals surface area contributed by atoms with Crippen LogP contribution in [0.1, 0.15) is 38.8 Å². The van der Waals surface area contributed by atoms with Gasteiger partial charge in [0.2, 0.25) is 0 Å². The summed E-state index contributed by atoms with van der Waals surface area (Å²) < 4.78 is 1.97. The SMILES string of the molecule is CCCC(CC)NCc1cn2cc(Cl)ccc2n1. The predicted molar refractivity (Wildman–Crippen MR) is 76.0 cm³/mol. The minimum atomic E-state index is 0.586. The Bertz CT molecular complexity index is 507. The topological polar surface area (TPSA) is 29.3 Å². The van der Waals surface area contributed by atoms with Gasteiger partial charge in [-0.15, -0.1) is 0 Å². The molecule has 98 valence electrons. The first-order chi connectivity index (χ1) is 8.72. The van der Waals surface area contributed by atoms with Gasteiger partial charge in [-0.25, -0.2) is 4.98 Å². The van der Waals surface area contributed by atoms with Gasteiger partial charge >= 0.3 is 0 Å². The lowest BCUT2D eigenvalue weighted by Gasteiger charge is -2.14. The van der Waals surface area contributed by atoms with Gasteiger partial charge in [-0.3, -0.25) is 0 Å². The highest BCUT2D eigenvalue weighted by Gasteiger charge is 2.06. The maximum Gasteiger partial charge on any atom is 0.137 e. The summed E-state index contributed by atoms with van der Waals surface area (Å²) in [7, 11) is 0. The molecule has 0 aliphatic rings. The standard InChI is InChI=1S/C14H20ClN3/c1-3-5-12(4-2)16-8-13-10-18-9-11(15)6-7-14(18)17-13/h6-7,9-10,12,16H,3-5,8H2,1-2H3. The normalized spacial score (nSPS) is 13.1. The Kier molecular flexibility index (Phi) is 4.61. The minimum Gasteiger partial charge on any atom is -0.308 e. The fourth-order valence-corrected chi connectivity index (χ4v) is 2.32. The molecule has 0 amide bonds. The van der Waals surface area contributed by atoms with E-state index in [0.29, 0.717) is 6.04 Å². The molecule has 0 aliphatic heterocycles. The Morgan fingerprint density at radius 2 is 2.17 bits per heavy atom. The van der Waals surface area contributed by atoms with Crippen molar-refractivity contribution in [2.24, 2.45) is 0 Å². The molecule has 0 saturated heterocycles. The zero-order valence-corrected chi connectivity index (χ0v) is 11.7. The molecule has 1 atom stereocenters. The highest BCUT2D eigenvalue weighted by molar-refractivity contribution is 6.30. The first-order valence-corrected chi connectivity index (χ1v) is 6.97. The van der Waals surface area contributed by atoms with Gasteiger partial charge in [0.05, 0.1) is 10.7 Å². The lowest BCUT2D eigenvalue weighted by Crippen LogP contribution is -2.27. The van der Waals surface area contributed by atoms with Crippen molar-refractivity contribution in [1.82, 2.24) is 14.7 Å². The number of fused-ring (bicyclic) bond motifs is 1. The second kappa shape index (κ2) is 6.21. The monoisotopic (exact) mass is 265 g/mol. The Hall–Kier alpha value is -1.06. The van der Waals surface area contributed by atoms with Gasteiger partial charge in [0.25, 0.3) is 0 Å². The van der Waals surface area contributed by atoms with Crippen molar-refractivity contribution in [2.45, 2.75) is 45.7 Å². The van der Waals surface area contributed by atoms with E-state index < -0.39 is 0 Å². The molecule has 1 N–H and O–H groups in total. The third kappa shape index (κ3) is 3.24. The van der Waals surface area contributed by atoms with Crippen LogP contribution in [0.4, 0.5) is 0 Å². The van der Waals surface area contributed by atoms with Crippen LogP contribution >= 0.6 is 11.6 Å². The predicted octanol–water partition coefficient (Wildman–Crippen LogP) is 3.66. The second-order valence-corrected chi connectivity index (χ2v) is 5.06. The summed E-state index contributed by atoms with van der Waals surface area (Å²) in [5.74, 6) is 0. The Morgan fingerprint density at radius 3 is 2.89 bits per heavy atom. The molecule has 0 radical (unpaired) electrons.